The number of halogens is 3. The van der Waals surface area contributed by atoms with Crippen LogP contribution in [-0.2, 0) is 16.1 Å². The zero-order chi connectivity index (χ0) is 17.3. The summed E-state index contributed by atoms with van der Waals surface area (Å²) < 4.78 is 45.2. The maximum Gasteiger partial charge on any atom is 0.483 e. The SMILES string of the molecule is CC(C)(C)OC(=O)[C@@H]1CN(Cc2ccccc2)C[C@@H]1[B-](F)(F)F. The second-order valence-electron chi connectivity index (χ2n) is 7.11. The Balaban J connectivity index is 2.11. The minimum atomic E-state index is -5.09. The highest BCUT2D eigenvalue weighted by atomic mass is 19.4. The fourth-order valence-electron chi connectivity index (χ4n) is 2.89. The van der Waals surface area contributed by atoms with Gasteiger partial charge in [-0.1, -0.05) is 30.3 Å². The third-order valence-electron chi connectivity index (χ3n) is 3.88. The van der Waals surface area contributed by atoms with Crippen LogP contribution in [0.2, 0.25) is 5.82 Å². The van der Waals surface area contributed by atoms with Gasteiger partial charge in [0.25, 0.3) is 0 Å². The van der Waals surface area contributed by atoms with Gasteiger partial charge in [-0.25, -0.2) is 0 Å². The monoisotopic (exact) mass is 328 g/mol. The van der Waals surface area contributed by atoms with E-state index in [2.05, 4.69) is 0 Å². The normalized spacial score (nSPS) is 23.0. The fourth-order valence-corrected chi connectivity index (χ4v) is 2.89. The van der Waals surface area contributed by atoms with E-state index < -0.39 is 30.3 Å². The number of carbonyl (C=O) groups excluding carboxylic acids is 1. The topological polar surface area (TPSA) is 29.5 Å². The predicted molar refractivity (Wildman–Crippen MR) is 83.9 cm³/mol. The van der Waals surface area contributed by atoms with Crippen LogP contribution in [0.15, 0.2) is 30.3 Å². The lowest BCUT2D eigenvalue weighted by atomic mass is 9.67. The number of hydrogen-bond acceptors (Lipinski definition) is 3. The lowest BCUT2D eigenvalue weighted by Crippen LogP contribution is -2.37. The molecule has 1 aromatic rings. The molecule has 0 aromatic heterocycles. The number of carbonyl (C=O) groups is 1. The number of hydrogen-bond donors (Lipinski definition) is 0. The summed E-state index contributed by atoms with van der Waals surface area (Å²) in [4.78, 5) is 13.9. The summed E-state index contributed by atoms with van der Waals surface area (Å²) in [6, 6.07) is 9.30. The fraction of sp³-hybridized carbons (Fsp3) is 0.562. The first kappa shape index (κ1) is 17.9. The molecular formula is C16H22BF3NO2-. The van der Waals surface area contributed by atoms with Crippen LogP contribution in [0, 0.1) is 5.92 Å². The quantitative estimate of drug-likeness (QED) is 0.624. The van der Waals surface area contributed by atoms with E-state index in [0.717, 1.165) is 5.56 Å². The van der Waals surface area contributed by atoms with Crippen LogP contribution in [-0.4, -0.2) is 36.5 Å². The van der Waals surface area contributed by atoms with Gasteiger partial charge < -0.3 is 22.6 Å². The molecule has 23 heavy (non-hydrogen) atoms. The van der Waals surface area contributed by atoms with Crippen LogP contribution >= 0.6 is 0 Å². The largest absolute Gasteiger partial charge is 0.483 e. The molecule has 1 aromatic carbocycles. The summed E-state index contributed by atoms with van der Waals surface area (Å²) in [6.45, 7) is 0.228. The molecule has 128 valence electrons. The van der Waals surface area contributed by atoms with Gasteiger partial charge in [0, 0.05) is 13.1 Å². The molecule has 0 amide bonds. The molecule has 2 rings (SSSR count). The Labute approximate surface area is 134 Å². The van der Waals surface area contributed by atoms with Gasteiger partial charge in [0.05, 0.1) is 5.92 Å². The molecule has 1 fully saturated rings. The van der Waals surface area contributed by atoms with Gasteiger partial charge in [-0.05, 0) is 38.7 Å². The van der Waals surface area contributed by atoms with Crippen molar-refractivity contribution in [1.82, 2.24) is 4.90 Å². The van der Waals surface area contributed by atoms with Gasteiger partial charge in [0.2, 0.25) is 0 Å². The highest BCUT2D eigenvalue weighted by Gasteiger charge is 2.49. The van der Waals surface area contributed by atoms with Crippen LogP contribution in [0.4, 0.5) is 12.9 Å². The Kier molecular flexibility index (Phi) is 5.09. The molecule has 0 aliphatic carbocycles. The number of ether oxygens (including phenoxy) is 1. The number of rotatable bonds is 4. The maximum absolute atomic E-state index is 13.3. The Bertz CT molecular complexity index is 542. The van der Waals surface area contributed by atoms with E-state index in [0.29, 0.717) is 6.54 Å². The van der Waals surface area contributed by atoms with E-state index in [9.17, 15) is 17.7 Å². The first-order valence-electron chi connectivity index (χ1n) is 7.75. The second kappa shape index (κ2) is 6.55. The Morgan fingerprint density at radius 2 is 1.83 bits per heavy atom. The molecule has 0 N–H and O–H groups in total. The minimum Gasteiger partial charge on any atom is -0.460 e. The summed E-state index contributed by atoms with van der Waals surface area (Å²) in [7, 11) is 0. The Morgan fingerprint density at radius 3 is 2.35 bits per heavy atom. The molecule has 0 radical (unpaired) electrons. The van der Waals surface area contributed by atoms with Crippen molar-refractivity contribution < 1.29 is 22.5 Å². The summed E-state index contributed by atoms with van der Waals surface area (Å²) in [5.74, 6) is -3.51. The van der Waals surface area contributed by atoms with Gasteiger partial charge >= 0.3 is 12.9 Å². The van der Waals surface area contributed by atoms with Crippen LogP contribution in [0.1, 0.15) is 26.3 Å². The number of esters is 1. The predicted octanol–water partition coefficient (Wildman–Crippen LogP) is 3.68. The molecular weight excluding hydrogens is 306 g/mol. The van der Waals surface area contributed by atoms with Crippen molar-refractivity contribution >= 4 is 12.9 Å². The van der Waals surface area contributed by atoms with Gasteiger partial charge in [-0.2, -0.15) is 0 Å². The van der Waals surface area contributed by atoms with E-state index in [1.807, 2.05) is 30.3 Å². The smallest absolute Gasteiger partial charge is 0.460 e. The summed E-state index contributed by atoms with van der Waals surface area (Å²) in [6.07, 6.45) is 0. The van der Waals surface area contributed by atoms with E-state index in [1.54, 1.807) is 25.7 Å². The van der Waals surface area contributed by atoms with Crippen LogP contribution in [0.3, 0.4) is 0 Å². The van der Waals surface area contributed by atoms with E-state index in [-0.39, 0.29) is 13.1 Å². The number of nitrogens with zero attached hydrogens (tertiary/aromatic N) is 1. The highest BCUT2D eigenvalue weighted by molar-refractivity contribution is 6.60. The van der Waals surface area contributed by atoms with Crippen LogP contribution in [0.5, 0.6) is 0 Å². The van der Waals surface area contributed by atoms with Crippen molar-refractivity contribution in [2.45, 2.75) is 38.7 Å². The molecule has 0 bridgehead atoms. The molecule has 3 nitrogen and oxygen atoms in total. The maximum atomic E-state index is 13.3. The zero-order valence-corrected chi connectivity index (χ0v) is 13.6. The molecule has 0 saturated carbocycles. The molecule has 1 aliphatic heterocycles. The van der Waals surface area contributed by atoms with E-state index in [1.165, 1.54) is 0 Å². The molecule has 1 saturated heterocycles. The molecule has 2 atom stereocenters. The first-order valence-corrected chi connectivity index (χ1v) is 7.75. The third-order valence-corrected chi connectivity index (χ3v) is 3.88. The van der Waals surface area contributed by atoms with Crippen LogP contribution in [0.25, 0.3) is 0 Å². The van der Waals surface area contributed by atoms with E-state index in [4.69, 9.17) is 4.74 Å². The van der Waals surface area contributed by atoms with Crippen molar-refractivity contribution in [2.24, 2.45) is 5.92 Å². The van der Waals surface area contributed by atoms with Crippen molar-refractivity contribution in [2.75, 3.05) is 13.1 Å². The zero-order valence-electron chi connectivity index (χ0n) is 13.6. The van der Waals surface area contributed by atoms with Crippen molar-refractivity contribution in [3.05, 3.63) is 35.9 Å². The highest BCUT2D eigenvalue weighted by Crippen LogP contribution is 2.41. The first-order chi connectivity index (χ1) is 10.6. The molecule has 7 heteroatoms. The van der Waals surface area contributed by atoms with Crippen molar-refractivity contribution in [1.29, 1.82) is 0 Å². The van der Waals surface area contributed by atoms with Gasteiger partial charge in [-0.15, -0.1) is 0 Å². The van der Waals surface area contributed by atoms with Gasteiger partial charge in [-0.3, -0.25) is 4.79 Å². The second-order valence-corrected chi connectivity index (χ2v) is 7.11. The Hall–Kier alpha value is -1.50. The molecule has 0 spiro atoms. The van der Waals surface area contributed by atoms with E-state index >= 15 is 0 Å². The molecule has 1 heterocycles. The van der Waals surface area contributed by atoms with Crippen LogP contribution < -0.4 is 0 Å². The Morgan fingerprint density at radius 1 is 1.22 bits per heavy atom. The average Bonchev–Trinajstić information content (AvgIpc) is 2.82. The molecule has 0 unspecified atom stereocenters. The lowest BCUT2D eigenvalue weighted by Gasteiger charge is -2.29. The number of benzene rings is 1. The van der Waals surface area contributed by atoms with Gasteiger partial charge in [0.1, 0.15) is 5.60 Å². The standard InChI is InChI=1S/C16H22BF3NO2/c1-16(2,3)23-15(22)13-10-21(11-14(13)17(18,19)20)9-12-7-5-4-6-8-12/h4-8,13-14H,9-11H2,1-3H3/q-1/t13-,14+/m1/s1. The van der Waals surface area contributed by atoms with Crippen molar-refractivity contribution in [3.63, 3.8) is 0 Å². The summed E-state index contributed by atoms with van der Waals surface area (Å²) in [5.41, 5.74) is 0.151. The average molecular weight is 328 g/mol. The molecule has 1 aliphatic rings. The van der Waals surface area contributed by atoms with Crippen molar-refractivity contribution in [3.8, 4) is 0 Å². The third kappa shape index (κ3) is 4.99. The number of likely N-dealkylation sites (tertiary alicyclic amines) is 1. The van der Waals surface area contributed by atoms with Gasteiger partial charge in [0.15, 0.2) is 0 Å². The minimum absolute atomic E-state index is 0.0791. The summed E-state index contributed by atoms with van der Waals surface area (Å²) >= 11 is 0. The lowest BCUT2D eigenvalue weighted by molar-refractivity contribution is -0.159. The summed E-state index contributed by atoms with van der Waals surface area (Å²) in [5, 5.41) is 0.